The van der Waals surface area contributed by atoms with Gasteiger partial charge in [0.15, 0.2) is 0 Å². The van der Waals surface area contributed by atoms with Crippen LogP contribution in [0.5, 0.6) is 0 Å². The fourth-order valence-corrected chi connectivity index (χ4v) is 4.07. The standard InChI is InChI=1S/C24H26ClN3O3/c1-17-22(23(27-31-17)19-10-5-6-11-20(19)25)24(29)26-12-7-13-28-14-15-30-21(16-28)18-8-3-2-4-9-18/h2-6,8-11,21H,7,12-16H2,1H3,(H,26,29). The molecular weight excluding hydrogens is 414 g/mol. The van der Waals surface area contributed by atoms with Gasteiger partial charge in [-0.25, -0.2) is 0 Å². The topological polar surface area (TPSA) is 67.6 Å². The molecule has 31 heavy (non-hydrogen) atoms. The number of carbonyl (C=O) groups is 1. The van der Waals surface area contributed by atoms with E-state index in [0.29, 0.717) is 40.8 Å². The summed E-state index contributed by atoms with van der Waals surface area (Å²) in [4.78, 5) is 15.2. The number of aromatic nitrogens is 1. The highest BCUT2D eigenvalue weighted by Crippen LogP contribution is 2.31. The molecule has 1 N–H and O–H groups in total. The van der Waals surface area contributed by atoms with Crippen molar-refractivity contribution in [1.29, 1.82) is 0 Å². The van der Waals surface area contributed by atoms with Gasteiger partial charge in [0.05, 0.1) is 17.7 Å². The van der Waals surface area contributed by atoms with Crippen molar-refractivity contribution in [2.45, 2.75) is 19.4 Å². The number of rotatable bonds is 7. The van der Waals surface area contributed by atoms with Crippen molar-refractivity contribution < 1.29 is 14.1 Å². The fourth-order valence-electron chi connectivity index (χ4n) is 3.84. The van der Waals surface area contributed by atoms with Gasteiger partial charge >= 0.3 is 0 Å². The van der Waals surface area contributed by atoms with Gasteiger partial charge < -0.3 is 14.6 Å². The lowest BCUT2D eigenvalue weighted by atomic mass is 10.1. The number of ether oxygens (including phenoxy) is 1. The SMILES string of the molecule is Cc1onc(-c2ccccc2Cl)c1C(=O)NCCCN1CCOC(c2ccccc2)C1. The Bertz CT molecular complexity index is 1020. The van der Waals surface area contributed by atoms with E-state index >= 15 is 0 Å². The number of hydrogen-bond donors (Lipinski definition) is 1. The number of hydrogen-bond acceptors (Lipinski definition) is 5. The van der Waals surface area contributed by atoms with Crippen LogP contribution in [0.15, 0.2) is 59.1 Å². The first-order valence-corrected chi connectivity index (χ1v) is 10.9. The zero-order valence-corrected chi connectivity index (χ0v) is 18.3. The molecule has 162 valence electrons. The maximum absolute atomic E-state index is 12.8. The second-order valence-corrected chi connectivity index (χ2v) is 8.03. The Labute approximate surface area is 187 Å². The molecule has 2 heterocycles. The summed E-state index contributed by atoms with van der Waals surface area (Å²) >= 11 is 6.28. The third-order valence-electron chi connectivity index (χ3n) is 5.48. The summed E-state index contributed by atoms with van der Waals surface area (Å²) in [6, 6.07) is 17.6. The lowest BCUT2D eigenvalue weighted by Crippen LogP contribution is -2.39. The molecule has 0 aliphatic carbocycles. The molecular formula is C24H26ClN3O3. The van der Waals surface area contributed by atoms with E-state index in [1.165, 1.54) is 5.56 Å². The zero-order valence-electron chi connectivity index (χ0n) is 17.5. The maximum Gasteiger partial charge on any atom is 0.257 e. The molecule has 0 spiro atoms. The number of morpholine rings is 1. The molecule has 4 rings (SSSR count). The van der Waals surface area contributed by atoms with Crippen LogP contribution in [0.3, 0.4) is 0 Å². The number of nitrogens with one attached hydrogen (secondary N) is 1. The normalized spacial score (nSPS) is 16.9. The van der Waals surface area contributed by atoms with Gasteiger partial charge in [0.2, 0.25) is 0 Å². The van der Waals surface area contributed by atoms with Crippen LogP contribution in [0.1, 0.15) is 34.2 Å². The van der Waals surface area contributed by atoms with Gasteiger partial charge in [0.1, 0.15) is 17.0 Å². The Morgan fingerprint density at radius 3 is 2.77 bits per heavy atom. The van der Waals surface area contributed by atoms with E-state index in [-0.39, 0.29) is 12.0 Å². The molecule has 7 heteroatoms. The molecule has 0 radical (unpaired) electrons. The van der Waals surface area contributed by atoms with Crippen LogP contribution >= 0.6 is 11.6 Å². The van der Waals surface area contributed by atoms with Gasteiger partial charge in [0, 0.05) is 31.7 Å². The molecule has 0 bridgehead atoms. The monoisotopic (exact) mass is 439 g/mol. The lowest BCUT2D eigenvalue weighted by molar-refractivity contribution is -0.0301. The molecule has 1 amide bonds. The van der Waals surface area contributed by atoms with E-state index in [4.69, 9.17) is 20.9 Å². The predicted molar refractivity (Wildman–Crippen MR) is 120 cm³/mol. The zero-order chi connectivity index (χ0) is 21.6. The van der Waals surface area contributed by atoms with Crippen molar-refractivity contribution in [3.05, 3.63) is 76.5 Å². The minimum absolute atomic E-state index is 0.0994. The number of benzene rings is 2. The van der Waals surface area contributed by atoms with Crippen LogP contribution in [0.4, 0.5) is 0 Å². The molecule has 2 aromatic carbocycles. The second kappa shape index (κ2) is 10.1. The minimum atomic E-state index is -0.196. The third-order valence-corrected chi connectivity index (χ3v) is 5.81. The average molecular weight is 440 g/mol. The van der Waals surface area contributed by atoms with Crippen molar-refractivity contribution in [3.8, 4) is 11.3 Å². The van der Waals surface area contributed by atoms with Gasteiger partial charge in [-0.05, 0) is 25.0 Å². The van der Waals surface area contributed by atoms with Gasteiger partial charge in [-0.1, -0.05) is 65.3 Å². The summed E-state index contributed by atoms with van der Waals surface area (Å²) in [7, 11) is 0. The molecule has 1 aliphatic heterocycles. The van der Waals surface area contributed by atoms with Crippen molar-refractivity contribution in [2.24, 2.45) is 0 Å². The van der Waals surface area contributed by atoms with Crippen molar-refractivity contribution in [1.82, 2.24) is 15.4 Å². The molecule has 1 aliphatic rings. The Balaban J connectivity index is 1.30. The van der Waals surface area contributed by atoms with Crippen molar-refractivity contribution in [3.63, 3.8) is 0 Å². The van der Waals surface area contributed by atoms with E-state index < -0.39 is 0 Å². The molecule has 1 unspecified atom stereocenters. The quantitative estimate of drug-likeness (QED) is 0.549. The molecule has 0 saturated carbocycles. The van der Waals surface area contributed by atoms with Gasteiger partial charge in [-0.15, -0.1) is 0 Å². The minimum Gasteiger partial charge on any atom is -0.371 e. The molecule has 1 aromatic heterocycles. The van der Waals surface area contributed by atoms with Gasteiger partial charge in [-0.3, -0.25) is 9.69 Å². The number of aryl methyl sites for hydroxylation is 1. The molecule has 6 nitrogen and oxygen atoms in total. The Morgan fingerprint density at radius 2 is 1.97 bits per heavy atom. The first-order chi connectivity index (χ1) is 15.1. The fraction of sp³-hybridized carbons (Fsp3) is 0.333. The highest BCUT2D eigenvalue weighted by Gasteiger charge is 2.24. The first kappa shape index (κ1) is 21.6. The molecule has 1 saturated heterocycles. The second-order valence-electron chi connectivity index (χ2n) is 7.62. The first-order valence-electron chi connectivity index (χ1n) is 10.5. The number of nitrogens with zero attached hydrogens (tertiary/aromatic N) is 2. The van der Waals surface area contributed by atoms with E-state index in [9.17, 15) is 4.79 Å². The predicted octanol–water partition coefficient (Wildman–Crippen LogP) is 4.50. The lowest BCUT2D eigenvalue weighted by Gasteiger charge is -2.33. The Kier molecular flexibility index (Phi) is 7.02. The summed E-state index contributed by atoms with van der Waals surface area (Å²) in [5, 5.41) is 7.59. The summed E-state index contributed by atoms with van der Waals surface area (Å²) in [5.41, 5.74) is 2.80. The van der Waals surface area contributed by atoms with Crippen LogP contribution in [0.2, 0.25) is 5.02 Å². The largest absolute Gasteiger partial charge is 0.371 e. The molecule has 3 aromatic rings. The van der Waals surface area contributed by atoms with E-state index in [1.807, 2.05) is 36.4 Å². The van der Waals surface area contributed by atoms with Crippen molar-refractivity contribution >= 4 is 17.5 Å². The van der Waals surface area contributed by atoms with E-state index in [1.54, 1.807) is 13.0 Å². The van der Waals surface area contributed by atoms with E-state index in [2.05, 4.69) is 27.5 Å². The maximum atomic E-state index is 12.8. The van der Waals surface area contributed by atoms with Crippen LogP contribution < -0.4 is 5.32 Å². The summed E-state index contributed by atoms with van der Waals surface area (Å²) in [5.74, 6) is 0.282. The molecule has 1 fully saturated rings. The average Bonchev–Trinajstić information content (AvgIpc) is 3.19. The summed E-state index contributed by atoms with van der Waals surface area (Å²) < 4.78 is 11.2. The Hall–Kier alpha value is -2.67. The highest BCUT2D eigenvalue weighted by atomic mass is 35.5. The smallest absolute Gasteiger partial charge is 0.257 e. The number of amides is 1. The third kappa shape index (κ3) is 5.15. The van der Waals surface area contributed by atoms with Crippen LogP contribution in [0, 0.1) is 6.92 Å². The van der Waals surface area contributed by atoms with Crippen LogP contribution in [0.25, 0.3) is 11.3 Å². The summed E-state index contributed by atoms with van der Waals surface area (Å²) in [6.45, 7) is 5.68. The molecule has 1 atom stereocenters. The van der Waals surface area contributed by atoms with Crippen LogP contribution in [-0.4, -0.2) is 48.7 Å². The van der Waals surface area contributed by atoms with E-state index in [0.717, 1.165) is 26.1 Å². The highest BCUT2D eigenvalue weighted by molar-refractivity contribution is 6.33. The van der Waals surface area contributed by atoms with Gasteiger partial charge in [0.25, 0.3) is 5.91 Å². The Morgan fingerprint density at radius 1 is 1.19 bits per heavy atom. The number of carbonyl (C=O) groups excluding carboxylic acids is 1. The van der Waals surface area contributed by atoms with Gasteiger partial charge in [-0.2, -0.15) is 0 Å². The van der Waals surface area contributed by atoms with Crippen LogP contribution in [-0.2, 0) is 4.74 Å². The summed E-state index contributed by atoms with van der Waals surface area (Å²) in [6.07, 6.45) is 0.946. The van der Waals surface area contributed by atoms with Crippen molar-refractivity contribution in [2.75, 3.05) is 32.8 Å². The number of halogens is 1.